The molecule has 2 rings (SSSR count). The summed E-state index contributed by atoms with van der Waals surface area (Å²) in [5, 5.41) is 10.6. The van der Waals surface area contributed by atoms with Gasteiger partial charge in [0.2, 0.25) is 11.0 Å². The van der Waals surface area contributed by atoms with Gasteiger partial charge in [0.1, 0.15) is 11.1 Å². The van der Waals surface area contributed by atoms with Crippen LogP contribution in [-0.4, -0.2) is 45.8 Å². The van der Waals surface area contributed by atoms with E-state index in [1.807, 2.05) is 20.8 Å². The fourth-order valence-corrected chi connectivity index (χ4v) is 2.35. The van der Waals surface area contributed by atoms with Crippen LogP contribution in [0.5, 0.6) is 0 Å². The predicted octanol–water partition coefficient (Wildman–Crippen LogP) is 1.73. The summed E-state index contributed by atoms with van der Waals surface area (Å²) in [5.74, 6) is -0.362. The van der Waals surface area contributed by atoms with Gasteiger partial charge in [-0.05, 0) is 27.2 Å². The van der Waals surface area contributed by atoms with Gasteiger partial charge in [-0.1, -0.05) is 11.3 Å². The summed E-state index contributed by atoms with van der Waals surface area (Å²) in [6.07, 6.45) is 0.257. The first kappa shape index (κ1) is 14.7. The number of nitrogens with one attached hydrogen (secondary N) is 1. The summed E-state index contributed by atoms with van der Waals surface area (Å²) in [6, 6.07) is 0. The van der Waals surface area contributed by atoms with Gasteiger partial charge in [-0.25, -0.2) is 4.79 Å². The minimum Gasteiger partial charge on any atom is -0.444 e. The Hall–Kier alpha value is -1.70. The van der Waals surface area contributed by atoms with Gasteiger partial charge < -0.3 is 15.0 Å². The number of nitrogens with zero attached hydrogens (tertiary/aromatic N) is 3. The first-order chi connectivity index (χ1) is 9.35. The Morgan fingerprint density at radius 3 is 2.85 bits per heavy atom. The first-order valence-electron chi connectivity index (χ1n) is 6.40. The smallest absolute Gasteiger partial charge is 0.410 e. The molecule has 20 heavy (non-hydrogen) atoms. The molecular formula is C12H18N4O3S. The van der Waals surface area contributed by atoms with Crippen molar-refractivity contribution in [1.82, 2.24) is 15.1 Å². The minimum atomic E-state index is -0.524. The lowest BCUT2D eigenvalue weighted by atomic mass is 10.1. The third-order valence-corrected chi connectivity index (χ3v) is 3.41. The molecule has 1 saturated heterocycles. The van der Waals surface area contributed by atoms with E-state index in [-0.39, 0.29) is 17.9 Å². The summed E-state index contributed by atoms with van der Waals surface area (Å²) < 4.78 is 5.29. The van der Waals surface area contributed by atoms with Crippen molar-refractivity contribution in [3.05, 3.63) is 5.51 Å². The SMILES string of the molecule is CC(C)(C)OC(=O)N1CCC(C(=O)Nc2nncs2)C1. The van der Waals surface area contributed by atoms with Crippen LogP contribution in [-0.2, 0) is 9.53 Å². The summed E-state index contributed by atoms with van der Waals surface area (Å²) in [4.78, 5) is 25.5. The highest BCUT2D eigenvalue weighted by Gasteiger charge is 2.33. The van der Waals surface area contributed by atoms with Crippen LogP contribution < -0.4 is 5.32 Å². The van der Waals surface area contributed by atoms with E-state index in [0.717, 1.165) is 0 Å². The zero-order valence-electron chi connectivity index (χ0n) is 11.8. The van der Waals surface area contributed by atoms with E-state index in [2.05, 4.69) is 15.5 Å². The van der Waals surface area contributed by atoms with Gasteiger partial charge in [-0.3, -0.25) is 4.79 Å². The Bertz CT molecular complexity index is 483. The number of rotatable bonds is 2. The first-order valence-corrected chi connectivity index (χ1v) is 7.28. The van der Waals surface area contributed by atoms with E-state index in [0.29, 0.717) is 24.6 Å². The van der Waals surface area contributed by atoms with E-state index < -0.39 is 5.60 Å². The van der Waals surface area contributed by atoms with Gasteiger partial charge in [0.05, 0.1) is 5.92 Å². The van der Waals surface area contributed by atoms with Crippen molar-refractivity contribution in [2.75, 3.05) is 18.4 Å². The van der Waals surface area contributed by atoms with Gasteiger partial charge in [0, 0.05) is 13.1 Å². The van der Waals surface area contributed by atoms with Gasteiger partial charge >= 0.3 is 6.09 Å². The highest BCUT2D eigenvalue weighted by Crippen LogP contribution is 2.21. The van der Waals surface area contributed by atoms with Crippen LogP contribution in [0.15, 0.2) is 5.51 Å². The lowest BCUT2D eigenvalue weighted by molar-refractivity contribution is -0.119. The molecule has 2 heterocycles. The molecule has 2 amide bonds. The fraction of sp³-hybridized carbons (Fsp3) is 0.667. The molecule has 1 aromatic rings. The second-order valence-corrected chi connectivity index (χ2v) is 6.48. The molecule has 0 radical (unpaired) electrons. The second-order valence-electron chi connectivity index (χ2n) is 5.65. The van der Waals surface area contributed by atoms with Gasteiger partial charge in [-0.2, -0.15) is 0 Å². The van der Waals surface area contributed by atoms with Crippen molar-refractivity contribution in [2.45, 2.75) is 32.8 Å². The molecule has 8 heteroatoms. The molecule has 7 nitrogen and oxygen atoms in total. The zero-order valence-corrected chi connectivity index (χ0v) is 12.6. The Balaban J connectivity index is 1.85. The van der Waals surface area contributed by atoms with E-state index in [4.69, 9.17) is 4.74 Å². The Labute approximate surface area is 121 Å². The summed E-state index contributed by atoms with van der Waals surface area (Å²) in [5.41, 5.74) is 1.03. The number of amides is 2. The predicted molar refractivity (Wildman–Crippen MR) is 74.5 cm³/mol. The van der Waals surface area contributed by atoms with E-state index in [1.54, 1.807) is 10.4 Å². The van der Waals surface area contributed by atoms with Crippen molar-refractivity contribution in [1.29, 1.82) is 0 Å². The van der Waals surface area contributed by atoms with E-state index >= 15 is 0 Å². The van der Waals surface area contributed by atoms with Crippen LogP contribution >= 0.6 is 11.3 Å². The molecule has 1 aromatic heterocycles. The average Bonchev–Trinajstić information content (AvgIpc) is 2.96. The monoisotopic (exact) mass is 298 g/mol. The second kappa shape index (κ2) is 5.74. The minimum absolute atomic E-state index is 0.132. The summed E-state index contributed by atoms with van der Waals surface area (Å²) in [7, 11) is 0. The third-order valence-electron chi connectivity index (χ3n) is 2.80. The van der Waals surface area contributed by atoms with E-state index in [1.165, 1.54) is 11.3 Å². The van der Waals surface area contributed by atoms with Crippen LogP contribution in [0.1, 0.15) is 27.2 Å². The van der Waals surface area contributed by atoms with Crippen LogP contribution in [0.3, 0.4) is 0 Å². The van der Waals surface area contributed by atoms with Crippen molar-refractivity contribution in [3.8, 4) is 0 Å². The molecule has 1 N–H and O–H groups in total. The fourth-order valence-electron chi connectivity index (χ4n) is 1.90. The average molecular weight is 298 g/mol. The normalized spacial score (nSPS) is 18.9. The number of hydrogen-bond acceptors (Lipinski definition) is 6. The topological polar surface area (TPSA) is 84.4 Å². The highest BCUT2D eigenvalue weighted by molar-refractivity contribution is 7.13. The van der Waals surface area contributed by atoms with Crippen LogP contribution in [0.25, 0.3) is 0 Å². The quantitative estimate of drug-likeness (QED) is 0.899. The number of ether oxygens (including phenoxy) is 1. The van der Waals surface area contributed by atoms with Gasteiger partial charge in [0.25, 0.3) is 0 Å². The Morgan fingerprint density at radius 2 is 2.25 bits per heavy atom. The number of anilines is 1. The number of hydrogen-bond donors (Lipinski definition) is 1. The summed E-state index contributed by atoms with van der Waals surface area (Å²) in [6.45, 7) is 6.37. The standard InChI is InChI=1S/C12H18N4O3S/c1-12(2,3)19-11(18)16-5-4-8(6-16)9(17)14-10-15-13-7-20-10/h7-8H,4-6H2,1-3H3,(H,14,15,17). The number of carbonyl (C=O) groups excluding carboxylic acids is 2. The summed E-state index contributed by atoms with van der Waals surface area (Å²) >= 11 is 1.27. The molecule has 1 aliphatic rings. The molecular weight excluding hydrogens is 280 g/mol. The number of likely N-dealkylation sites (tertiary alicyclic amines) is 1. The van der Waals surface area contributed by atoms with Crippen molar-refractivity contribution < 1.29 is 14.3 Å². The highest BCUT2D eigenvalue weighted by atomic mass is 32.1. The molecule has 1 fully saturated rings. The molecule has 1 unspecified atom stereocenters. The third kappa shape index (κ3) is 3.89. The molecule has 0 aliphatic carbocycles. The number of carbonyl (C=O) groups is 2. The molecule has 0 aromatic carbocycles. The zero-order chi connectivity index (χ0) is 14.8. The maximum Gasteiger partial charge on any atom is 0.410 e. The van der Waals surface area contributed by atoms with Crippen LogP contribution in [0.2, 0.25) is 0 Å². The molecule has 0 saturated carbocycles. The maximum atomic E-state index is 12.0. The molecule has 110 valence electrons. The maximum absolute atomic E-state index is 12.0. The van der Waals surface area contributed by atoms with Crippen LogP contribution in [0, 0.1) is 5.92 Å². The van der Waals surface area contributed by atoms with Crippen molar-refractivity contribution in [3.63, 3.8) is 0 Å². The van der Waals surface area contributed by atoms with Crippen molar-refractivity contribution in [2.24, 2.45) is 5.92 Å². The van der Waals surface area contributed by atoms with Crippen molar-refractivity contribution >= 4 is 28.5 Å². The lowest BCUT2D eigenvalue weighted by Crippen LogP contribution is -2.36. The van der Waals surface area contributed by atoms with Gasteiger partial charge in [0.15, 0.2) is 0 Å². The Morgan fingerprint density at radius 1 is 1.50 bits per heavy atom. The largest absolute Gasteiger partial charge is 0.444 e. The van der Waals surface area contributed by atoms with E-state index in [9.17, 15) is 9.59 Å². The Kier molecular flexibility index (Phi) is 4.22. The molecule has 1 aliphatic heterocycles. The molecule has 0 bridgehead atoms. The molecule has 0 spiro atoms. The number of aromatic nitrogens is 2. The van der Waals surface area contributed by atoms with Crippen LogP contribution in [0.4, 0.5) is 9.93 Å². The lowest BCUT2D eigenvalue weighted by Gasteiger charge is -2.24. The molecule has 1 atom stereocenters. The van der Waals surface area contributed by atoms with Gasteiger partial charge in [-0.15, -0.1) is 10.2 Å².